The Morgan fingerprint density at radius 1 is 1.35 bits per heavy atom. The lowest BCUT2D eigenvalue weighted by atomic mass is 10.1. The van der Waals surface area contributed by atoms with Gasteiger partial charge in [-0.25, -0.2) is 0 Å². The molecule has 1 saturated heterocycles. The van der Waals surface area contributed by atoms with Crippen LogP contribution in [-0.2, 0) is 6.18 Å². The number of benzene rings is 1. The standard InChI is InChI=1S/C14H15F3N2O/c15-14(16,17)13-7-12(5-4-10(13)8-18)20-9-11-3-1-2-6-19-11/h4-5,7,11,19H,1-3,6,9H2. The van der Waals surface area contributed by atoms with Crippen molar-refractivity contribution in [2.75, 3.05) is 13.2 Å². The first-order valence-electron chi connectivity index (χ1n) is 6.48. The van der Waals surface area contributed by atoms with Gasteiger partial charge in [0.25, 0.3) is 0 Å². The zero-order chi connectivity index (χ0) is 14.6. The number of alkyl halides is 3. The Bertz CT molecular complexity index is 502. The Morgan fingerprint density at radius 2 is 2.15 bits per heavy atom. The second-order valence-electron chi connectivity index (χ2n) is 4.77. The normalized spacial score (nSPS) is 19.4. The Kier molecular flexibility index (Phi) is 4.50. The third kappa shape index (κ3) is 3.64. The molecule has 1 fully saturated rings. The lowest BCUT2D eigenvalue weighted by Gasteiger charge is -2.23. The summed E-state index contributed by atoms with van der Waals surface area (Å²) in [7, 11) is 0. The van der Waals surface area contributed by atoms with Crippen molar-refractivity contribution in [1.82, 2.24) is 5.32 Å². The summed E-state index contributed by atoms with van der Waals surface area (Å²) in [5.41, 5.74) is -1.34. The largest absolute Gasteiger partial charge is 0.492 e. The number of nitrogens with zero attached hydrogens (tertiary/aromatic N) is 1. The Hall–Kier alpha value is -1.74. The van der Waals surface area contributed by atoms with Crippen LogP contribution >= 0.6 is 0 Å². The van der Waals surface area contributed by atoms with Crippen LogP contribution < -0.4 is 10.1 Å². The van der Waals surface area contributed by atoms with Crippen molar-refractivity contribution in [2.24, 2.45) is 0 Å². The van der Waals surface area contributed by atoms with E-state index < -0.39 is 11.7 Å². The first kappa shape index (κ1) is 14.7. The number of nitrogens with one attached hydrogen (secondary N) is 1. The zero-order valence-electron chi connectivity index (χ0n) is 10.8. The second kappa shape index (κ2) is 6.14. The highest BCUT2D eigenvalue weighted by atomic mass is 19.4. The molecule has 1 unspecified atom stereocenters. The molecule has 0 aliphatic carbocycles. The van der Waals surface area contributed by atoms with E-state index in [0.29, 0.717) is 6.61 Å². The maximum absolute atomic E-state index is 12.8. The third-order valence-electron chi connectivity index (χ3n) is 3.28. The van der Waals surface area contributed by atoms with Crippen LogP contribution in [0.25, 0.3) is 0 Å². The van der Waals surface area contributed by atoms with E-state index in [0.717, 1.165) is 37.9 Å². The van der Waals surface area contributed by atoms with Crippen LogP contribution in [0.5, 0.6) is 5.75 Å². The number of piperidine rings is 1. The molecular formula is C14H15F3N2O. The molecule has 0 aromatic heterocycles. The SMILES string of the molecule is N#Cc1ccc(OCC2CCCCN2)cc1C(F)(F)F. The first-order chi connectivity index (χ1) is 9.50. The van der Waals surface area contributed by atoms with E-state index in [9.17, 15) is 13.2 Å². The van der Waals surface area contributed by atoms with Gasteiger partial charge < -0.3 is 10.1 Å². The summed E-state index contributed by atoms with van der Waals surface area (Å²) in [6.45, 7) is 1.25. The summed E-state index contributed by atoms with van der Waals surface area (Å²) in [6.07, 6.45) is -1.37. The van der Waals surface area contributed by atoms with Crippen molar-refractivity contribution >= 4 is 0 Å². The molecule has 3 nitrogen and oxygen atoms in total. The number of ether oxygens (including phenoxy) is 1. The molecule has 6 heteroatoms. The van der Waals surface area contributed by atoms with Gasteiger partial charge >= 0.3 is 6.18 Å². The van der Waals surface area contributed by atoms with Crippen molar-refractivity contribution in [3.8, 4) is 11.8 Å². The molecule has 108 valence electrons. The molecule has 0 bridgehead atoms. The molecule has 1 aromatic rings. The van der Waals surface area contributed by atoms with Crippen LogP contribution in [0.1, 0.15) is 30.4 Å². The monoisotopic (exact) mass is 284 g/mol. The molecule has 1 heterocycles. The molecular weight excluding hydrogens is 269 g/mol. The molecule has 20 heavy (non-hydrogen) atoms. The van der Waals surface area contributed by atoms with Gasteiger partial charge in [0.05, 0.1) is 17.2 Å². The quantitative estimate of drug-likeness (QED) is 0.927. The van der Waals surface area contributed by atoms with E-state index in [1.807, 2.05) is 0 Å². The summed E-state index contributed by atoms with van der Waals surface area (Å²) < 4.78 is 43.8. The molecule has 0 spiro atoms. The molecule has 1 aromatic carbocycles. The van der Waals surface area contributed by atoms with E-state index >= 15 is 0 Å². The van der Waals surface area contributed by atoms with Gasteiger partial charge in [0.1, 0.15) is 12.4 Å². The molecule has 0 saturated carbocycles. The average molecular weight is 284 g/mol. The van der Waals surface area contributed by atoms with Crippen LogP contribution in [0.4, 0.5) is 13.2 Å². The van der Waals surface area contributed by atoms with E-state index in [1.54, 1.807) is 6.07 Å². The number of nitriles is 1. The predicted molar refractivity (Wildman–Crippen MR) is 67.3 cm³/mol. The number of hydrogen-bond acceptors (Lipinski definition) is 3. The van der Waals surface area contributed by atoms with Gasteiger partial charge in [0.15, 0.2) is 0 Å². The fraction of sp³-hybridized carbons (Fsp3) is 0.500. The minimum atomic E-state index is -4.55. The van der Waals surface area contributed by atoms with Crippen LogP contribution in [0.3, 0.4) is 0 Å². The number of halogens is 3. The minimum absolute atomic E-state index is 0.142. The fourth-order valence-corrected chi connectivity index (χ4v) is 2.21. The molecule has 0 amide bonds. The Labute approximate surface area is 115 Å². The lowest BCUT2D eigenvalue weighted by Crippen LogP contribution is -2.38. The van der Waals surface area contributed by atoms with Crippen molar-refractivity contribution in [2.45, 2.75) is 31.5 Å². The summed E-state index contributed by atoms with van der Waals surface area (Å²) in [5.74, 6) is 0.142. The fourth-order valence-electron chi connectivity index (χ4n) is 2.21. The van der Waals surface area contributed by atoms with Crippen molar-refractivity contribution in [1.29, 1.82) is 5.26 Å². The first-order valence-corrected chi connectivity index (χ1v) is 6.48. The highest BCUT2D eigenvalue weighted by Crippen LogP contribution is 2.34. The van der Waals surface area contributed by atoms with E-state index in [-0.39, 0.29) is 17.4 Å². The number of rotatable bonds is 3. The lowest BCUT2D eigenvalue weighted by molar-refractivity contribution is -0.137. The topological polar surface area (TPSA) is 45.0 Å². The van der Waals surface area contributed by atoms with Crippen LogP contribution in [0, 0.1) is 11.3 Å². The van der Waals surface area contributed by atoms with Crippen molar-refractivity contribution in [3.63, 3.8) is 0 Å². The molecule has 1 aliphatic heterocycles. The van der Waals surface area contributed by atoms with Gasteiger partial charge in [-0.3, -0.25) is 0 Å². The van der Waals surface area contributed by atoms with E-state index in [2.05, 4.69) is 5.32 Å². The Morgan fingerprint density at radius 3 is 2.75 bits per heavy atom. The maximum Gasteiger partial charge on any atom is 0.417 e. The highest BCUT2D eigenvalue weighted by molar-refractivity contribution is 5.44. The molecule has 1 aliphatic rings. The summed E-state index contributed by atoms with van der Waals surface area (Å²) >= 11 is 0. The maximum atomic E-state index is 12.8. The zero-order valence-corrected chi connectivity index (χ0v) is 10.8. The van der Waals surface area contributed by atoms with Gasteiger partial charge in [-0.15, -0.1) is 0 Å². The summed E-state index contributed by atoms with van der Waals surface area (Å²) in [6, 6.07) is 5.16. The second-order valence-corrected chi connectivity index (χ2v) is 4.77. The van der Waals surface area contributed by atoms with Gasteiger partial charge in [-0.2, -0.15) is 18.4 Å². The summed E-state index contributed by atoms with van der Waals surface area (Å²) in [4.78, 5) is 0. The van der Waals surface area contributed by atoms with Gasteiger partial charge in [-0.1, -0.05) is 6.42 Å². The van der Waals surface area contributed by atoms with Crippen LogP contribution in [0.15, 0.2) is 18.2 Å². The van der Waals surface area contributed by atoms with E-state index in [4.69, 9.17) is 10.00 Å². The van der Waals surface area contributed by atoms with Gasteiger partial charge in [-0.05, 0) is 37.6 Å². The van der Waals surface area contributed by atoms with Crippen molar-refractivity contribution in [3.05, 3.63) is 29.3 Å². The van der Waals surface area contributed by atoms with Crippen LogP contribution in [0.2, 0.25) is 0 Å². The molecule has 1 N–H and O–H groups in total. The molecule has 2 rings (SSSR count). The van der Waals surface area contributed by atoms with Gasteiger partial charge in [0, 0.05) is 6.04 Å². The smallest absolute Gasteiger partial charge is 0.417 e. The average Bonchev–Trinajstić information content (AvgIpc) is 2.45. The molecule has 1 atom stereocenters. The Balaban J connectivity index is 2.07. The van der Waals surface area contributed by atoms with E-state index in [1.165, 1.54) is 6.07 Å². The number of hydrogen-bond donors (Lipinski definition) is 1. The third-order valence-corrected chi connectivity index (χ3v) is 3.28. The minimum Gasteiger partial charge on any atom is -0.492 e. The van der Waals surface area contributed by atoms with Gasteiger partial charge in [0.2, 0.25) is 0 Å². The summed E-state index contributed by atoms with van der Waals surface area (Å²) in [5, 5.41) is 12.0. The molecule has 0 radical (unpaired) electrons. The van der Waals surface area contributed by atoms with Crippen LogP contribution in [-0.4, -0.2) is 19.2 Å². The highest BCUT2D eigenvalue weighted by Gasteiger charge is 2.34. The van der Waals surface area contributed by atoms with Crippen molar-refractivity contribution < 1.29 is 17.9 Å². The predicted octanol–water partition coefficient (Wildman–Crippen LogP) is 3.10.